The number of hydrogen-bond acceptors (Lipinski definition) is 2. The van der Waals surface area contributed by atoms with E-state index < -0.39 is 0 Å². The van der Waals surface area contributed by atoms with Crippen LogP contribution in [0.1, 0.15) is 31.4 Å². The molecule has 1 aromatic carbocycles. The highest BCUT2D eigenvalue weighted by atomic mass is 16.2. The third-order valence-electron chi connectivity index (χ3n) is 4.29. The van der Waals surface area contributed by atoms with Crippen LogP contribution in [0.5, 0.6) is 0 Å². The lowest BCUT2D eigenvalue weighted by Gasteiger charge is -2.18. The number of benzene rings is 1. The molecule has 2 amide bonds. The lowest BCUT2D eigenvalue weighted by atomic mass is 10.1. The molecule has 0 saturated heterocycles. The summed E-state index contributed by atoms with van der Waals surface area (Å²) in [5.74, 6) is -0.222. The van der Waals surface area contributed by atoms with Gasteiger partial charge in [0.25, 0.3) is 0 Å². The Hall–Kier alpha value is -1.84. The number of amides is 2. The van der Waals surface area contributed by atoms with Crippen LogP contribution in [0.4, 0.5) is 5.69 Å². The third kappa shape index (κ3) is 3.43. The van der Waals surface area contributed by atoms with Crippen molar-refractivity contribution in [2.75, 3.05) is 18.4 Å². The number of nitrogens with zero attached hydrogens (tertiary/aromatic N) is 1. The van der Waals surface area contributed by atoms with Gasteiger partial charge < -0.3 is 10.2 Å². The number of carbonyl (C=O) groups is 2. The second-order valence-electron chi connectivity index (χ2n) is 5.75. The van der Waals surface area contributed by atoms with Gasteiger partial charge in [0.15, 0.2) is 0 Å². The molecule has 0 aliphatic heterocycles. The van der Waals surface area contributed by atoms with E-state index in [4.69, 9.17) is 0 Å². The lowest BCUT2D eigenvalue weighted by Crippen LogP contribution is -2.33. The standard InChI is InChI=1S/C17H24N2O2/c1-5-19(6-2)17(21)15-10-14(15)16(20)18-13-8-7-11(3)12(4)9-13/h7-9,14-15H,5-6,10H2,1-4H3,(H,18,20). The van der Waals surface area contributed by atoms with Crippen molar-refractivity contribution >= 4 is 17.5 Å². The molecule has 2 rings (SSSR count). The van der Waals surface area contributed by atoms with Crippen molar-refractivity contribution in [3.05, 3.63) is 29.3 Å². The molecule has 1 aliphatic rings. The predicted molar refractivity (Wildman–Crippen MR) is 84.1 cm³/mol. The first-order valence-electron chi connectivity index (χ1n) is 7.64. The molecule has 1 N–H and O–H groups in total. The molecule has 2 atom stereocenters. The average molecular weight is 288 g/mol. The predicted octanol–water partition coefficient (Wildman–Crippen LogP) is 2.75. The maximum Gasteiger partial charge on any atom is 0.228 e. The summed E-state index contributed by atoms with van der Waals surface area (Å²) < 4.78 is 0. The van der Waals surface area contributed by atoms with Crippen LogP contribution in [0.25, 0.3) is 0 Å². The maximum absolute atomic E-state index is 12.2. The second kappa shape index (κ2) is 6.29. The van der Waals surface area contributed by atoms with E-state index in [1.807, 2.05) is 45.9 Å². The van der Waals surface area contributed by atoms with Crippen molar-refractivity contribution in [3.63, 3.8) is 0 Å². The van der Waals surface area contributed by atoms with E-state index in [1.54, 1.807) is 4.90 Å². The molecular weight excluding hydrogens is 264 g/mol. The number of hydrogen-bond donors (Lipinski definition) is 1. The molecule has 2 unspecified atom stereocenters. The zero-order valence-electron chi connectivity index (χ0n) is 13.3. The largest absolute Gasteiger partial charge is 0.343 e. The minimum Gasteiger partial charge on any atom is -0.343 e. The molecule has 4 nitrogen and oxygen atoms in total. The zero-order valence-corrected chi connectivity index (χ0v) is 13.3. The van der Waals surface area contributed by atoms with Crippen molar-refractivity contribution in [3.8, 4) is 0 Å². The van der Waals surface area contributed by atoms with Crippen LogP contribution in [0.3, 0.4) is 0 Å². The molecule has 1 aliphatic carbocycles. The van der Waals surface area contributed by atoms with Gasteiger partial charge in [-0.05, 0) is 57.4 Å². The third-order valence-corrected chi connectivity index (χ3v) is 4.29. The van der Waals surface area contributed by atoms with Gasteiger partial charge in [-0.15, -0.1) is 0 Å². The Balaban J connectivity index is 1.94. The van der Waals surface area contributed by atoms with Crippen molar-refractivity contribution in [1.29, 1.82) is 0 Å². The molecule has 114 valence electrons. The highest BCUT2D eigenvalue weighted by molar-refractivity contribution is 5.99. The van der Waals surface area contributed by atoms with Gasteiger partial charge in [-0.1, -0.05) is 6.07 Å². The first-order valence-corrected chi connectivity index (χ1v) is 7.64. The van der Waals surface area contributed by atoms with Crippen LogP contribution in [-0.2, 0) is 9.59 Å². The van der Waals surface area contributed by atoms with Gasteiger partial charge >= 0.3 is 0 Å². The molecule has 1 saturated carbocycles. The summed E-state index contributed by atoms with van der Waals surface area (Å²) >= 11 is 0. The summed E-state index contributed by atoms with van der Waals surface area (Å²) in [6, 6.07) is 5.87. The zero-order chi connectivity index (χ0) is 15.6. The Morgan fingerprint density at radius 2 is 1.81 bits per heavy atom. The van der Waals surface area contributed by atoms with E-state index in [0.717, 1.165) is 11.3 Å². The highest BCUT2D eigenvalue weighted by Crippen LogP contribution is 2.40. The van der Waals surface area contributed by atoms with Crippen LogP contribution in [0.15, 0.2) is 18.2 Å². The monoisotopic (exact) mass is 288 g/mol. The van der Waals surface area contributed by atoms with E-state index >= 15 is 0 Å². The van der Waals surface area contributed by atoms with Gasteiger partial charge in [-0.3, -0.25) is 9.59 Å². The van der Waals surface area contributed by atoms with Crippen molar-refractivity contribution in [2.45, 2.75) is 34.1 Å². The number of nitrogens with one attached hydrogen (secondary N) is 1. The minimum absolute atomic E-state index is 0.0382. The molecule has 0 heterocycles. The summed E-state index contributed by atoms with van der Waals surface area (Å²) in [6.07, 6.45) is 0.673. The number of rotatable bonds is 5. The molecule has 4 heteroatoms. The second-order valence-corrected chi connectivity index (χ2v) is 5.75. The number of anilines is 1. The number of carbonyl (C=O) groups excluding carboxylic acids is 2. The normalized spacial score (nSPS) is 20.0. The topological polar surface area (TPSA) is 49.4 Å². The quantitative estimate of drug-likeness (QED) is 0.905. The van der Waals surface area contributed by atoms with Crippen LogP contribution in [-0.4, -0.2) is 29.8 Å². The fraction of sp³-hybridized carbons (Fsp3) is 0.529. The van der Waals surface area contributed by atoms with Crippen LogP contribution in [0, 0.1) is 25.7 Å². The van der Waals surface area contributed by atoms with Crippen molar-refractivity contribution < 1.29 is 9.59 Å². The Morgan fingerprint density at radius 3 is 2.38 bits per heavy atom. The fourth-order valence-electron chi connectivity index (χ4n) is 2.58. The first-order chi connectivity index (χ1) is 9.97. The molecular formula is C17H24N2O2. The van der Waals surface area contributed by atoms with Gasteiger partial charge in [-0.2, -0.15) is 0 Å². The Kier molecular flexibility index (Phi) is 4.66. The molecule has 1 fully saturated rings. The van der Waals surface area contributed by atoms with Crippen molar-refractivity contribution in [2.24, 2.45) is 11.8 Å². The van der Waals surface area contributed by atoms with E-state index in [9.17, 15) is 9.59 Å². The van der Waals surface area contributed by atoms with Crippen LogP contribution >= 0.6 is 0 Å². The molecule has 0 aromatic heterocycles. The van der Waals surface area contributed by atoms with E-state index in [1.165, 1.54) is 5.56 Å². The highest BCUT2D eigenvalue weighted by Gasteiger charge is 2.49. The Morgan fingerprint density at radius 1 is 1.14 bits per heavy atom. The lowest BCUT2D eigenvalue weighted by molar-refractivity contribution is -0.133. The number of aryl methyl sites for hydroxylation is 2. The van der Waals surface area contributed by atoms with Gasteiger partial charge in [0.1, 0.15) is 0 Å². The molecule has 0 spiro atoms. The fourth-order valence-corrected chi connectivity index (χ4v) is 2.58. The van der Waals surface area contributed by atoms with Crippen molar-refractivity contribution in [1.82, 2.24) is 4.90 Å². The SMILES string of the molecule is CCN(CC)C(=O)C1CC1C(=O)Nc1ccc(C)c(C)c1. The summed E-state index contributed by atoms with van der Waals surface area (Å²) in [5.41, 5.74) is 3.16. The molecule has 0 bridgehead atoms. The average Bonchev–Trinajstić information content (AvgIpc) is 3.24. The van der Waals surface area contributed by atoms with Gasteiger partial charge in [0, 0.05) is 18.8 Å². The molecule has 1 aromatic rings. The van der Waals surface area contributed by atoms with E-state index in [-0.39, 0.29) is 23.7 Å². The van der Waals surface area contributed by atoms with Crippen LogP contribution < -0.4 is 5.32 Å². The Bertz CT molecular complexity index is 550. The van der Waals surface area contributed by atoms with E-state index in [2.05, 4.69) is 5.32 Å². The van der Waals surface area contributed by atoms with E-state index in [0.29, 0.717) is 19.5 Å². The minimum atomic E-state index is -0.167. The smallest absolute Gasteiger partial charge is 0.228 e. The van der Waals surface area contributed by atoms with Gasteiger partial charge in [-0.25, -0.2) is 0 Å². The molecule has 21 heavy (non-hydrogen) atoms. The molecule has 0 radical (unpaired) electrons. The Labute approximate surface area is 126 Å². The maximum atomic E-state index is 12.2. The van der Waals surface area contributed by atoms with Gasteiger partial charge in [0.05, 0.1) is 11.8 Å². The summed E-state index contributed by atoms with van der Waals surface area (Å²) in [5, 5.41) is 2.92. The van der Waals surface area contributed by atoms with Gasteiger partial charge in [0.2, 0.25) is 11.8 Å². The summed E-state index contributed by atoms with van der Waals surface area (Å²) in [7, 11) is 0. The summed E-state index contributed by atoms with van der Waals surface area (Å²) in [6.45, 7) is 9.41. The van der Waals surface area contributed by atoms with Crippen LogP contribution in [0.2, 0.25) is 0 Å². The summed E-state index contributed by atoms with van der Waals surface area (Å²) in [4.78, 5) is 26.2. The first kappa shape index (κ1) is 15.5.